The molecule has 2 rings (SSSR count). The molecule has 1 aliphatic rings. The normalized spacial score (nSPS) is 25.9. The minimum atomic E-state index is -0.562. The zero-order chi connectivity index (χ0) is 11.7. The number of ether oxygens (including phenoxy) is 1. The number of likely N-dealkylation sites (N-methyl/N-ethyl adjacent to an activating group) is 1. The van der Waals surface area contributed by atoms with Gasteiger partial charge in [0.1, 0.15) is 23.8 Å². The van der Waals surface area contributed by atoms with Gasteiger partial charge >= 0.3 is 0 Å². The maximum atomic E-state index is 13.0. The van der Waals surface area contributed by atoms with Gasteiger partial charge in [0.15, 0.2) is 0 Å². The fourth-order valence-electron chi connectivity index (χ4n) is 1.83. The Kier molecular flexibility index (Phi) is 2.98. The molecule has 0 saturated carbocycles. The van der Waals surface area contributed by atoms with Gasteiger partial charge in [0.25, 0.3) is 0 Å². The molecule has 1 aliphatic heterocycles. The quantitative estimate of drug-likeness (QED) is 0.719. The number of benzene rings is 1. The van der Waals surface area contributed by atoms with Crippen LogP contribution in [0.2, 0.25) is 0 Å². The molecule has 1 heterocycles. The standard InChI is InChI=1S/C11H15FN2O2/c1-14-5-9(15)11(6-14)16-10-4-7(12)2-3-8(10)13/h2-4,9,11,15H,5-6,13H2,1H3/t9-,11-/m0/s1. The highest BCUT2D eigenvalue weighted by Crippen LogP contribution is 2.25. The second kappa shape index (κ2) is 4.27. The summed E-state index contributed by atoms with van der Waals surface area (Å²) in [6.45, 7) is 1.16. The van der Waals surface area contributed by atoms with Gasteiger partial charge in [-0.2, -0.15) is 0 Å². The Morgan fingerprint density at radius 2 is 2.25 bits per heavy atom. The van der Waals surface area contributed by atoms with Crippen LogP contribution in [-0.4, -0.2) is 42.4 Å². The number of aliphatic hydroxyl groups excluding tert-OH is 1. The average Bonchev–Trinajstić information content (AvgIpc) is 2.51. The number of β-amino-alcohol motifs (C(OH)–C–C–N with tert-alkyl or cyclic N) is 1. The molecule has 1 aromatic rings. The minimum absolute atomic E-state index is 0.291. The SMILES string of the molecule is CN1C[C@H](Oc2cc(F)ccc2N)[C@@H](O)C1. The van der Waals surface area contributed by atoms with Crippen molar-refractivity contribution in [3.63, 3.8) is 0 Å². The molecule has 3 N–H and O–H groups in total. The van der Waals surface area contributed by atoms with Crippen molar-refractivity contribution in [1.82, 2.24) is 4.90 Å². The third-order valence-corrected chi connectivity index (χ3v) is 2.67. The van der Waals surface area contributed by atoms with Crippen LogP contribution in [0.4, 0.5) is 10.1 Å². The molecule has 0 bridgehead atoms. The van der Waals surface area contributed by atoms with Gasteiger partial charge in [-0.15, -0.1) is 0 Å². The van der Waals surface area contributed by atoms with Crippen LogP contribution in [0, 0.1) is 5.82 Å². The van der Waals surface area contributed by atoms with E-state index in [1.54, 1.807) is 0 Å². The van der Waals surface area contributed by atoms with Crippen molar-refractivity contribution in [2.24, 2.45) is 0 Å². The molecule has 5 heteroatoms. The summed E-state index contributed by atoms with van der Waals surface area (Å²) in [6.07, 6.45) is -0.915. The van der Waals surface area contributed by atoms with E-state index < -0.39 is 11.9 Å². The van der Waals surface area contributed by atoms with Crippen LogP contribution in [0.1, 0.15) is 0 Å². The van der Waals surface area contributed by atoms with Gasteiger partial charge in [-0.1, -0.05) is 0 Å². The molecule has 1 saturated heterocycles. The minimum Gasteiger partial charge on any atom is -0.484 e. The predicted octanol–water partition coefficient (Wildman–Crippen LogP) is 0.462. The van der Waals surface area contributed by atoms with E-state index in [4.69, 9.17) is 10.5 Å². The third-order valence-electron chi connectivity index (χ3n) is 2.67. The Bertz CT molecular complexity index is 386. The number of hydrogen-bond donors (Lipinski definition) is 2. The summed E-state index contributed by atoms with van der Waals surface area (Å²) in [6, 6.07) is 3.97. The summed E-state index contributed by atoms with van der Waals surface area (Å²) in [4.78, 5) is 1.95. The first-order valence-corrected chi connectivity index (χ1v) is 5.14. The van der Waals surface area contributed by atoms with E-state index in [0.29, 0.717) is 24.5 Å². The number of aliphatic hydroxyl groups is 1. The largest absolute Gasteiger partial charge is 0.484 e. The van der Waals surface area contributed by atoms with Crippen molar-refractivity contribution in [3.8, 4) is 5.75 Å². The van der Waals surface area contributed by atoms with E-state index in [2.05, 4.69) is 0 Å². The van der Waals surface area contributed by atoms with Crippen molar-refractivity contribution < 1.29 is 14.2 Å². The summed E-state index contributed by atoms with van der Waals surface area (Å²) in [5.41, 5.74) is 6.04. The highest BCUT2D eigenvalue weighted by Gasteiger charge is 2.31. The summed E-state index contributed by atoms with van der Waals surface area (Å²) >= 11 is 0. The van der Waals surface area contributed by atoms with Gasteiger partial charge in [-0.25, -0.2) is 4.39 Å². The van der Waals surface area contributed by atoms with Crippen LogP contribution in [0.25, 0.3) is 0 Å². The van der Waals surface area contributed by atoms with E-state index in [1.165, 1.54) is 18.2 Å². The van der Waals surface area contributed by atoms with Crippen molar-refractivity contribution >= 4 is 5.69 Å². The number of hydrogen-bond acceptors (Lipinski definition) is 4. The number of nitrogens with zero attached hydrogens (tertiary/aromatic N) is 1. The summed E-state index contributed by atoms with van der Waals surface area (Å²) in [7, 11) is 1.89. The molecular formula is C11H15FN2O2. The van der Waals surface area contributed by atoms with E-state index in [9.17, 15) is 9.50 Å². The second-order valence-corrected chi connectivity index (χ2v) is 4.13. The van der Waals surface area contributed by atoms with Crippen LogP contribution in [0.3, 0.4) is 0 Å². The van der Waals surface area contributed by atoms with Crippen LogP contribution in [-0.2, 0) is 0 Å². The number of nitrogens with two attached hydrogens (primary N) is 1. The molecule has 0 unspecified atom stereocenters. The monoisotopic (exact) mass is 226 g/mol. The summed E-state index contributed by atoms with van der Waals surface area (Å²) in [5, 5.41) is 9.68. The Hall–Kier alpha value is -1.33. The maximum absolute atomic E-state index is 13.0. The predicted molar refractivity (Wildman–Crippen MR) is 58.7 cm³/mol. The fourth-order valence-corrected chi connectivity index (χ4v) is 1.83. The fraction of sp³-hybridized carbons (Fsp3) is 0.455. The lowest BCUT2D eigenvalue weighted by Gasteiger charge is -2.17. The van der Waals surface area contributed by atoms with E-state index in [1.807, 2.05) is 11.9 Å². The first kappa shape index (κ1) is 11.2. The first-order chi connectivity index (χ1) is 7.56. The zero-order valence-electron chi connectivity index (χ0n) is 9.06. The van der Waals surface area contributed by atoms with E-state index >= 15 is 0 Å². The number of rotatable bonds is 2. The van der Waals surface area contributed by atoms with Crippen molar-refractivity contribution in [2.75, 3.05) is 25.9 Å². The molecule has 0 radical (unpaired) electrons. The highest BCUT2D eigenvalue weighted by molar-refractivity contribution is 5.52. The lowest BCUT2D eigenvalue weighted by atomic mass is 10.2. The van der Waals surface area contributed by atoms with Crippen LogP contribution < -0.4 is 10.5 Å². The number of likely N-dealkylation sites (tertiary alicyclic amines) is 1. The van der Waals surface area contributed by atoms with Crippen molar-refractivity contribution in [2.45, 2.75) is 12.2 Å². The second-order valence-electron chi connectivity index (χ2n) is 4.13. The van der Waals surface area contributed by atoms with Crippen molar-refractivity contribution in [3.05, 3.63) is 24.0 Å². The molecule has 0 amide bonds. The van der Waals surface area contributed by atoms with Crippen LogP contribution >= 0.6 is 0 Å². The van der Waals surface area contributed by atoms with Gasteiger partial charge in [0.2, 0.25) is 0 Å². The Balaban J connectivity index is 2.11. The van der Waals surface area contributed by atoms with E-state index in [0.717, 1.165) is 0 Å². The van der Waals surface area contributed by atoms with Crippen LogP contribution in [0.5, 0.6) is 5.75 Å². The van der Waals surface area contributed by atoms with Gasteiger partial charge in [-0.05, 0) is 19.2 Å². The molecule has 1 fully saturated rings. The number of nitrogen functional groups attached to an aromatic ring is 1. The van der Waals surface area contributed by atoms with Gasteiger partial charge in [0, 0.05) is 19.2 Å². The average molecular weight is 226 g/mol. The Labute approximate surface area is 93.4 Å². The van der Waals surface area contributed by atoms with Gasteiger partial charge in [-0.3, -0.25) is 4.90 Å². The zero-order valence-corrected chi connectivity index (χ0v) is 9.06. The maximum Gasteiger partial charge on any atom is 0.145 e. The molecule has 0 aromatic heterocycles. The molecule has 0 aliphatic carbocycles. The van der Waals surface area contributed by atoms with Gasteiger partial charge < -0.3 is 15.6 Å². The molecule has 2 atom stereocenters. The molecule has 0 spiro atoms. The third kappa shape index (κ3) is 2.25. The van der Waals surface area contributed by atoms with Crippen LogP contribution in [0.15, 0.2) is 18.2 Å². The molecule has 1 aromatic carbocycles. The topological polar surface area (TPSA) is 58.7 Å². The Morgan fingerprint density at radius 3 is 2.88 bits per heavy atom. The highest BCUT2D eigenvalue weighted by atomic mass is 19.1. The molecule has 4 nitrogen and oxygen atoms in total. The lowest BCUT2D eigenvalue weighted by molar-refractivity contribution is 0.0740. The smallest absolute Gasteiger partial charge is 0.145 e. The van der Waals surface area contributed by atoms with Gasteiger partial charge in [0.05, 0.1) is 5.69 Å². The molecule has 88 valence electrons. The molecular weight excluding hydrogens is 211 g/mol. The summed E-state index contributed by atoms with van der Waals surface area (Å²) in [5.74, 6) is -0.107. The number of anilines is 1. The first-order valence-electron chi connectivity index (χ1n) is 5.14. The Morgan fingerprint density at radius 1 is 1.50 bits per heavy atom. The lowest BCUT2D eigenvalue weighted by Crippen LogP contribution is -2.30. The summed E-state index contributed by atoms with van der Waals surface area (Å²) < 4.78 is 18.5. The number of halogens is 1. The van der Waals surface area contributed by atoms with Crippen molar-refractivity contribution in [1.29, 1.82) is 0 Å². The van der Waals surface area contributed by atoms with E-state index in [-0.39, 0.29) is 6.10 Å². The molecule has 16 heavy (non-hydrogen) atoms.